The summed E-state index contributed by atoms with van der Waals surface area (Å²) in [5.74, 6) is 0.0684. The molecule has 4 N–H and O–H groups in total. The maximum atomic E-state index is 14.2. The SMILES string of the molecule is CN(C)c1ccc(C(=O)Nc2ccc(-c3nc(-c4c(F)cccc4Cl)[nH]c3N)cn2)cc1. The number of pyridine rings is 1. The fourth-order valence-corrected chi connectivity index (χ4v) is 3.41. The van der Waals surface area contributed by atoms with Gasteiger partial charge in [-0.15, -0.1) is 0 Å². The predicted octanol–water partition coefficient (Wildman–Crippen LogP) is 4.83. The van der Waals surface area contributed by atoms with E-state index in [2.05, 4.69) is 20.3 Å². The molecule has 0 atom stereocenters. The van der Waals surface area contributed by atoms with E-state index in [-0.39, 0.29) is 28.1 Å². The molecular weight excluding hydrogens is 431 g/mol. The van der Waals surface area contributed by atoms with Crippen molar-refractivity contribution in [3.05, 3.63) is 77.2 Å². The summed E-state index contributed by atoms with van der Waals surface area (Å²) in [6, 6.07) is 15.0. The highest BCUT2D eigenvalue weighted by atomic mass is 35.5. The van der Waals surface area contributed by atoms with Crippen LogP contribution in [0.3, 0.4) is 0 Å². The molecule has 4 aromatic rings. The van der Waals surface area contributed by atoms with Gasteiger partial charge in [-0.05, 0) is 48.5 Å². The average molecular weight is 451 g/mol. The van der Waals surface area contributed by atoms with Gasteiger partial charge in [0.25, 0.3) is 5.91 Å². The van der Waals surface area contributed by atoms with Crippen molar-refractivity contribution in [1.82, 2.24) is 15.0 Å². The number of nitrogen functional groups attached to an aromatic ring is 1. The Bertz CT molecular complexity index is 1250. The first-order chi connectivity index (χ1) is 15.3. The summed E-state index contributed by atoms with van der Waals surface area (Å²) in [5.41, 5.74) is 8.72. The molecule has 0 fully saturated rings. The smallest absolute Gasteiger partial charge is 0.256 e. The van der Waals surface area contributed by atoms with Crippen molar-refractivity contribution in [1.29, 1.82) is 0 Å². The van der Waals surface area contributed by atoms with Crippen molar-refractivity contribution in [3.8, 4) is 22.6 Å². The Labute approximate surface area is 189 Å². The number of imidazole rings is 1. The fourth-order valence-electron chi connectivity index (χ4n) is 3.16. The highest BCUT2D eigenvalue weighted by Crippen LogP contribution is 2.33. The standard InChI is InChI=1S/C23H20ClFN6O/c1-31(2)15-9-6-13(7-10-15)23(32)28-18-11-8-14(12-27-18)20-21(26)30-22(29-20)19-16(24)4-3-5-17(19)25/h3-12H,26H2,1-2H3,(H,29,30)(H,27,28,32). The highest BCUT2D eigenvalue weighted by Gasteiger charge is 2.17. The maximum absolute atomic E-state index is 14.2. The minimum atomic E-state index is -0.507. The van der Waals surface area contributed by atoms with Crippen molar-refractivity contribution in [2.45, 2.75) is 0 Å². The number of hydrogen-bond acceptors (Lipinski definition) is 5. The van der Waals surface area contributed by atoms with Crippen molar-refractivity contribution in [2.24, 2.45) is 0 Å². The van der Waals surface area contributed by atoms with Gasteiger partial charge in [-0.2, -0.15) is 0 Å². The molecule has 0 bridgehead atoms. The van der Waals surface area contributed by atoms with Crippen molar-refractivity contribution >= 4 is 34.8 Å². The van der Waals surface area contributed by atoms with Crippen LogP contribution >= 0.6 is 11.6 Å². The van der Waals surface area contributed by atoms with Crippen LogP contribution in [-0.4, -0.2) is 35.0 Å². The van der Waals surface area contributed by atoms with Crippen molar-refractivity contribution in [2.75, 3.05) is 30.0 Å². The second kappa shape index (κ2) is 8.68. The van der Waals surface area contributed by atoms with E-state index in [9.17, 15) is 9.18 Å². The van der Waals surface area contributed by atoms with E-state index in [1.54, 1.807) is 30.3 Å². The van der Waals surface area contributed by atoms with Gasteiger partial charge in [-0.25, -0.2) is 14.4 Å². The largest absolute Gasteiger partial charge is 0.383 e. The molecule has 162 valence electrons. The molecule has 2 heterocycles. The first-order valence-electron chi connectivity index (χ1n) is 9.68. The number of hydrogen-bond donors (Lipinski definition) is 3. The number of nitrogens with one attached hydrogen (secondary N) is 2. The van der Waals surface area contributed by atoms with Gasteiger partial charge in [0, 0.05) is 37.1 Å². The monoisotopic (exact) mass is 450 g/mol. The van der Waals surface area contributed by atoms with E-state index in [4.69, 9.17) is 17.3 Å². The molecule has 32 heavy (non-hydrogen) atoms. The molecule has 0 radical (unpaired) electrons. The second-order valence-corrected chi connectivity index (χ2v) is 7.68. The summed E-state index contributed by atoms with van der Waals surface area (Å²) in [4.78, 5) is 26.0. The normalized spacial score (nSPS) is 10.8. The first-order valence-corrected chi connectivity index (χ1v) is 10.1. The number of anilines is 3. The van der Waals surface area contributed by atoms with Gasteiger partial charge in [0.1, 0.15) is 29.0 Å². The van der Waals surface area contributed by atoms with E-state index >= 15 is 0 Å². The summed E-state index contributed by atoms with van der Waals surface area (Å²) in [6.45, 7) is 0. The number of carbonyl (C=O) groups is 1. The Hall–Kier alpha value is -3.91. The second-order valence-electron chi connectivity index (χ2n) is 7.27. The lowest BCUT2D eigenvalue weighted by molar-refractivity contribution is 0.102. The van der Waals surface area contributed by atoms with E-state index in [1.807, 2.05) is 31.1 Å². The minimum Gasteiger partial charge on any atom is -0.383 e. The number of benzene rings is 2. The molecular formula is C23H20ClFN6O. The zero-order valence-electron chi connectivity index (χ0n) is 17.4. The number of amides is 1. The number of nitrogens with zero attached hydrogens (tertiary/aromatic N) is 3. The Morgan fingerprint density at radius 2 is 1.88 bits per heavy atom. The maximum Gasteiger partial charge on any atom is 0.256 e. The van der Waals surface area contributed by atoms with Crippen LogP contribution in [0.15, 0.2) is 60.8 Å². The summed E-state index contributed by atoms with van der Waals surface area (Å²) in [5, 5.41) is 2.98. The lowest BCUT2D eigenvalue weighted by Gasteiger charge is -2.12. The summed E-state index contributed by atoms with van der Waals surface area (Å²) < 4.78 is 14.2. The lowest BCUT2D eigenvalue weighted by Crippen LogP contribution is -2.13. The third-order valence-electron chi connectivity index (χ3n) is 4.86. The predicted molar refractivity (Wildman–Crippen MR) is 125 cm³/mol. The van der Waals surface area contributed by atoms with Gasteiger partial charge in [0.05, 0.1) is 10.6 Å². The molecule has 0 saturated carbocycles. The van der Waals surface area contributed by atoms with Crippen LogP contribution in [0.1, 0.15) is 10.4 Å². The van der Waals surface area contributed by atoms with Crippen LogP contribution in [0.5, 0.6) is 0 Å². The number of aromatic amines is 1. The van der Waals surface area contributed by atoms with Crippen molar-refractivity contribution in [3.63, 3.8) is 0 Å². The third kappa shape index (κ3) is 4.26. The molecule has 9 heteroatoms. The quantitative estimate of drug-likeness (QED) is 0.404. The molecule has 2 aromatic carbocycles. The van der Waals surface area contributed by atoms with E-state index in [0.717, 1.165) is 5.69 Å². The van der Waals surface area contributed by atoms with Crippen LogP contribution in [0, 0.1) is 5.82 Å². The summed E-state index contributed by atoms with van der Waals surface area (Å²) in [6.07, 6.45) is 1.53. The number of nitrogens with two attached hydrogens (primary N) is 1. The molecule has 0 aliphatic heterocycles. The van der Waals surface area contributed by atoms with Gasteiger partial charge in [-0.1, -0.05) is 17.7 Å². The van der Waals surface area contributed by atoms with Gasteiger partial charge in [0.2, 0.25) is 0 Å². The number of halogens is 2. The van der Waals surface area contributed by atoms with Crippen LogP contribution < -0.4 is 16.0 Å². The zero-order valence-corrected chi connectivity index (χ0v) is 18.1. The number of rotatable bonds is 5. The van der Waals surface area contributed by atoms with Gasteiger partial charge in [-0.3, -0.25) is 4.79 Å². The van der Waals surface area contributed by atoms with E-state index in [1.165, 1.54) is 18.3 Å². The molecule has 7 nitrogen and oxygen atoms in total. The van der Waals surface area contributed by atoms with E-state index < -0.39 is 5.82 Å². The average Bonchev–Trinajstić information content (AvgIpc) is 3.15. The van der Waals surface area contributed by atoms with Crippen LogP contribution in [-0.2, 0) is 0 Å². The molecule has 4 rings (SSSR count). The number of aromatic nitrogens is 3. The topological polar surface area (TPSA) is 99.9 Å². The number of H-pyrrole nitrogens is 1. The summed E-state index contributed by atoms with van der Waals surface area (Å²) in [7, 11) is 3.86. The lowest BCUT2D eigenvalue weighted by atomic mass is 10.2. The Morgan fingerprint density at radius 3 is 2.50 bits per heavy atom. The van der Waals surface area contributed by atoms with Gasteiger partial charge < -0.3 is 20.9 Å². The Morgan fingerprint density at radius 1 is 1.12 bits per heavy atom. The van der Waals surface area contributed by atoms with Gasteiger partial charge in [0.15, 0.2) is 0 Å². The van der Waals surface area contributed by atoms with Crippen LogP contribution in [0.25, 0.3) is 22.6 Å². The molecule has 0 spiro atoms. The minimum absolute atomic E-state index is 0.143. The fraction of sp³-hybridized carbons (Fsp3) is 0.0870. The van der Waals surface area contributed by atoms with E-state index in [0.29, 0.717) is 22.6 Å². The molecule has 0 unspecified atom stereocenters. The Kier molecular flexibility index (Phi) is 5.79. The summed E-state index contributed by atoms with van der Waals surface area (Å²) >= 11 is 6.12. The molecule has 0 aliphatic rings. The molecule has 0 aliphatic carbocycles. The molecule has 1 amide bonds. The Balaban J connectivity index is 1.53. The van der Waals surface area contributed by atoms with Gasteiger partial charge >= 0.3 is 0 Å². The number of carbonyl (C=O) groups excluding carboxylic acids is 1. The third-order valence-corrected chi connectivity index (χ3v) is 5.17. The highest BCUT2D eigenvalue weighted by molar-refractivity contribution is 6.33. The van der Waals surface area contributed by atoms with Crippen LogP contribution in [0.2, 0.25) is 5.02 Å². The first kappa shape index (κ1) is 21.3. The zero-order chi connectivity index (χ0) is 22.8. The van der Waals surface area contributed by atoms with Crippen LogP contribution in [0.4, 0.5) is 21.7 Å². The molecule has 0 saturated heterocycles. The van der Waals surface area contributed by atoms with Crippen molar-refractivity contribution < 1.29 is 9.18 Å². The molecule has 2 aromatic heterocycles.